The van der Waals surface area contributed by atoms with E-state index in [2.05, 4.69) is 10.6 Å². The van der Waals surface area contributed by atoms with Gasteiger partial charge in [0, 0.05) is 10.9 Å². The molecule has 0 spiro atoms. The summed E-state index contributed by atoms with van der Waals surface area (Å²) >= 11 is 1.36. The third-order valence-electron chi connectivity index (χ3n) is 4.35. The lowest BCUT2D eigenvalue weighted by molar-refractivity contribution is -0.119. The van der Waals surface area contributed by atoms with Crippen LogP contribution in [-0.4, -0.2) is 36.8 Å². The fourth-order valence-electron chi connectivity index (χ4n) is 2.97. The molecule has 0 saturated carbocycles. The standard InChI is InChI=1S/C22H26N2O4S/c1-14(2)23-21(25)13-29-20-7-5-4-6-17(20)22(26)24-15(3)16-8-9-18-19(12-16)28-11-10-27-18/h4-9,12,14-15H,10-11,13H2,1-3H3,(H,23,25)(H,24,26)/t15-/m1/s1. The average molecular weight is 415 g/mol. The van der Waals surface area contributed by atoms with Gasteiger partial charge in [-0.05, 0) is 50.6 Å². The number of nitrogens with one attached hydrogen (secondary N) is 2. The van der Waals surface area contributed by atoms with Crippen molar-refractivity contribution in [2.75, 3.05) is 19.0 Å². The average Bonchev–Trinajstić information content (AvgIpc) is 2.71. The van der Waals surface area contributed by atoms with Crippen LogP contribution in [0.25, 0.3) is 0 Å². The van der Waals surface area contributed by atoms with E-state index in [9.17, 15) is 9.59 Å². The largest absolute Gasteiger partial charge is 0.486 e. The first-order valence-corrected chi connectivity index (χ1v) is 10.6. The van der Waals surface area contributed by atoms with E-state index in [0.29, 0.717) is 24.5 Å². The van der Waals surface area contributed by atoms with E-state index in [1.807, 2.05) is 57.2 Å². The van der Waals surface area contributed by atoms with Gasteiger partial charge in [-0.25, -0.2) is 0 Å². The molecule has 0 aromatic heterocycles. The molecule has 7 heteroatoms. The smallest absolute Gasteiger partial charge is 0.252 e. The minimum absolute atomic E-state index is 0.0511. The van der Waals surface area contributed by atoms with Crippen molar-refractivity contribution in [3.05, 3.63) is 53.6 Å². The molecule has 0 aliphatic carbocycles. The van der Waals surface area contributed by atoms with Gasteiger partial charge in [0.15, 0.2) is 11.5 Å². The molecule has 1 aliphatic rings. The normalized spacial score (nSPS) is 13.7. The van der Waals surface area contributed by atoms with Gasteiger partial charge in [-0.2, -0.15) is 0 Å². The maximum atomic E-state index is 12.9. The minimum atomic E-state index is -0.208. The van der Waals surface area contributed by atoms with Crippen LogP contribution in [0.5, 0.6) is 11.5 Å². The highest BCUT2D eigenvalue weighted by atomic mass is 32.2. The topological polar surface area (TPSA) is 76.7 Å². The molecule has 6 nitrogen and oxygen atoms in total. The molecule has 3 rings (SSSR count). The van der Waals surface area contributed by atoms with Crippen LogP contribution in [-0.2, 0) is 4.79 Å². The summed E-state index contributed by atoms with van der Waals surface area (Å²) < 4.78 is 11.2. The molecule has 0 saturated heterocycles. The van der Waals surface area contributed by atoms with Crippen LogP contribution in [0, 0.1) is 0 Å². The fourth-order valence-corrected chi connectivity index (χ4v) is 3.84. The second kappa shape index (κ2) is 9.69. The Bertz CT molecular complexity index is 885. The lowest BCUT2D eigenvalue weighted by Crippen LogP contribution is -2.31. The Morgan fingerprint density at radius 2 is 1.72 bits per heavy atom. The summed E-state index contributed by atoms with van der Waals surface area (Å²) in [5.41, 5.74) is 1.49. The van der Waals surface area contributed by atoms with Gasteiger partial charge < -0.3 is 20.1 Å². The van der Waals surface area contributed by atoms with Crippen molar-refractivity contribution < 1.29 is 19.1 Å². The first-order chi connectivity index (χ1) is 13.9. The first kappa shape index (κ1) is 21.0. The molecule has 0 unspecified atom stereocenters. The zero-order chi connectivity index (χ0) is 20.8. The van der Waals surface area contributed by atoms with E-state index >= 15 is 0 Å². The van der Waals surface area contributed by atoms with Crippen LogP contribution < -0.4 is 20.1 Å². The van der Waals surface area contributed by atoms with Crippen molar-refractivity contribution in [3.63, 3.8) is 0 Å². The second-order valence-corrected chi connectivity index (χ2v) is 8.12. The molecule has 2 aromatic carbocycles. The molecule has 0 fully saturated rings. The molecule has 1 heterocycles. The molecule has 154 valence electrons. The number of hydrogen-bond acceptors (Lipinski definition) is 5. The maximum absolute atomic E-state index is 12.9. The quantitative estimate of drug-likeness (QED) is 0.678. The Kier molecular flexibility index (Phi) is 7.04. The van der Waals surface area contributed by atoms with Gasteiger partial charge in [0.1, 0.15) is 13.2 Å². The molecule has 0 radical (unpaired) electrons. The van der Waals surface area contributed by atoms with Gasteiger partial charge in [0.05, 0.1) is 17.4 Å². The Morgan fingerprint density at radius 3 is 2.48 bits per heavy atom. The number of fused-ring (bicyclic) bond motifs is 1. The Hall–Kier alpha value is -2.67. The molecule has 2 N–H and O–H groups in total. The zero-order valence-electron chi connectivity index (χ0n) is 16.9. The van der Waals surface area contributed by atoms with Crippen molar-refractivity contribution >= 4 is 23.6 Å². The summed E-state index contributed by atoms with van der Waals surface area (Å²) in [4.78, 5) is 25.6. The van der Waals surface area contributed by atoms with Crippen LogP contribution in [0.15, 0.2) is 47.4 Å². The molecule has 2 amide bonds. The highest BCUT2D eigenvalue weighted by Gasteiger charge is 2.18. The van der Waals surface area contributed by atoms with E-state index in [0.717, 1.165) is 16.2 Å². The Labute approximate surface area is 175 Å². The summed E-state index contributed by atoms with van der Waals surface area (Å²) in [6.45, 7) is 6.83. The second-order valence-electron chi connectivity index (χ2n) is 7.11. The Balaban J connectivity index is 1.66. The lowest BCUT2D eigenvalue weighted by atomic mass is 10.1. The molecular formula is C22H26N2O4S. The number of amides is 2. The summed E-state index contributed by atoms with van der Waals surface area (Å²) in [5.74, 6) is 1.45. The maximum Gasteiger partial charge on any atom is 0.252 e. The molecular weight excluding hydrogens is 388 g/mol. The van der Waals surface area contributed by atoms with Crippen molar-refractivity contribution in [2.45, 2.75) is 37.8 Å². The molecule has 1 atom stereocenters. The fraction of sp³-hybridized carbons (Fsp3) is 0.364. The number of hydrogen-bond donors (Lipinski definition) is 2. The van der Waals surface area contributed by atoms with Crippen molar-refractivity contribution in [2.24, 2.45) is 0 Å². The monoisotopic (exact) mass is 414 g/mol. The van der Waals surface area contributed by atoms with Gasteiger partial charge in [-0.15, -0.1) is 11.8 Å². The van der Waals surface area contributed by atoms with E-state index in [1.54, 1.807) is 6.07 Å². The summed E-state index contributed by atoms with van der Waals surface area (Å²) in [7, 11) is 0. The van der Waals surface area contributed by atoms with Crippen LogP contribution in [0.4, 0.5) is 0 Å². The predicted octanol–water partition coefficient (Wildman–Crippen LogP) is 3.57. The van der Waals surface area contributed by atoms with Gasteiger partial charge in [0.25, 0.3) is 5.91 Å². The number of benzene rings is 2. The van der Waals surface area contributed by atoms with Gasteiger partial charge in [-0.3, -0.25) is 9.59 Å². The van der Waals surface area contributed by atoms with Crippen molar-refractivity contribution in [1.29, 1.82) is 0 Å². The molecule has 29 heavy (non-hydrogen) atoms. The zero-order valence-corrected chi connectivity index (χ0v) is 17.7. The minimum Gasteiger partial charge on any atom is -0.486 e. The third kappa shape index (κ3) is 5.67. The summed E-state index contributed by atoms with van der Waals surface area (Å²) in [6, 6.07) is 12.9. The first-order valence-electron chi connectivity index (χ1n) is 9.65. The summed E-state index contributed by atoms with van der Waals surface area (Å²) in [5, 5.41) is 5.89. The van der Waals surface area contributed by atoms with Crippen LogP contribution in [0.2, 0.25) is 0 Å². The number of carbonyl (C=O) groups is 2. The number of ether oxygens (including phenoxy) is 2. The van der Waals surface area contributed by atoms with Gasteiger partial charge in [0.2, 0.25) is 5.91 Å². The number of thioether (sulfide) groups is 1. The van der Waals surface area contributed by atoms with E-state index in [1.165, 1.54) is 11.8 Å². The molecule has 2 aromatic rings. The van der Waals surface area contributed by atoms with Gasteiger partial charge >= 0.3 is 0 Å². The van der Waals surface area contributed by atoms with Crippen molar-refractivity contribution in [1.82, 2.24) is 10.6 Å². The highest BCUT2D eigenvalue weighted by molar-refractivity contribution is 8.00. The van der Waals surface area contributed by atoms with Crippen LogP contribution >= 0.6 is 11.8 Å². The Morgan fingerprint density at radius 1 is 1.00 bits per heavy atom. The van der Waals surface area contributed by atoms with E-state index in [-0.39, 0.29) is 29.7 Å². The van der Waals surface area contributed by atoms with E-state index in [4.69, 9.17) is 9.47 Å². The van der Waals surface area contributed by atoms with Crippen molar-refractivity contribution in [3.8, 4) is 11.5 Å². The van der Waals surface area contributed by atoms with E-state index < -0.39 is 0 Å². The lowest BCUT2D eigenvalue weighted by Gasteiger charge is -2.21. The number of carbonyl (C=O) groups excluding carboxylic acids is 2. The molecule has 0 bridgehead atoms. The van der Waals surface area contributed by atoms with Crippen LogP contribution in [0.3, 0.4) is 0 Å². The number of rotatable bonds is 7. The van der Waals surface area contributed by atoms with Gasteiger partial charge in [-0.1, -0.05) is 18.2 Å². The summed E-state index contributed by atoms with van der Waals surface area (Å²) in [6.07, 6.45) is 0. The SMILES string of the molecule is CC(C)NC(=O)CSc1ccccc1C(=O)N[C@H](C)c1ccc2c(c1)OCCO2. The van der Waals surface area contributed by atoms with Crippen LogP contribution in [0.1, 0.15) is 42.7 Å². The predicted molar refractivity (Wildman–Crippen MR) is 114 cm³/mol. The third-order valence-corrected chi connectivity index (χ3v) is 5.43. The molecule has 1 aliphatic heterocycles. The highest BCUT2D eigenvalue weighted by Crippen LogP contribution is 2.32.